The van der Waals surface area contributed by atoms with Crippen molar-refractivity contribution in [3.63, 3.8) is 0 Å². The van der Waals surface area contributed by atoms with Crippen LogP contribution in [0, 0.1) is 5.82 Å². The lowest BCUT2D eigenvalue weighted by Crippen LogP contribution is -2.29. The Hall–Kier alpha value is -3.18. The van der Waals surface area contributed by atoms with Gasteiger partial charge in [-0.15, -0.1) is 0 Å². The predicted octanol–water partition coefficient (Wildman–Crippen LogP) is 4.86. The third-order valence-electron chi connectivity index (χ3n) is 4.25. The number of amides is 2. The van der Waals surface area contributed by atoms with Crippen LogP contribution in [0.5, 0.6) is 5.75 Å². The summed E-state index contributed by atoms with van der Waals surface area (Å²) in [5, 5.41) is 0.250. The number of nitrogens with zero attached hydrogens (tertiary/aromatic N) is 1. The van der Waals surface area contributed by atoms with Crippen molar-refractivity contribution in [1.29, 1.82) is 0 Å². The second-order valence-corrected chi connectivity index (χ2v) is 6.43. The molecule has 0 aliphatic carbocycles. The first-order chi connectivity index (χ1) is 13.0. The van der Waals surface area contributed by atoms with Crippen molar-refractivity contribution in [2.45, 2.75) is 6.61 Å². The van der Waals surface area contributed by atoms with E-state index in [2.05, 4.69) is 0 Å². The maximum atomic E-state index is 13.2. The molecule has 0 N–H and O–H groups in total. The van der Waals surface area contributed by atoms with Crippen LogP contribution in [-0.4, -0.2) is 11.8 Å². The Morgan fingerprint density at radius 3 is 2.22 bits per heavy atom. The molecule has 0 spiro atoms. The van der Waals surface area contributed by atoms with Crippen LogP contribution in [0.4, 0.5) is 10.1 Å². The zero-order valence-corrected chi connectivity index (χ0v) is 14.7. The van der Waals surface area contributed by atoms with Gasteiger partial charge in [0, 0.05) is 0 Å². The van der Waals surface area contributed by atoms with Gasteiger partial charge in [-0.1, -0.05) is 35.9 Å². The van der Waals surface area contributed by atoms with Crippen molar-refractivity contribution in [3.05, 3.63) is 94.3 Å². The van der Waals surface area contributed by atoms with E-state index >= 15 is 0 Å². The van der Waals surface area contributed by atoms with Gasteiger partial charge in [-0.25, -0.2) is 9.29 Å². The third-order valence-corrected chi connectivity index (χ3v) is 4.55. The van der Waals surface area contributed by atoms with Crippen molar-refractivity contribution in [2.24, 2.45) is 0 Å². The summed E-state index contributed by atoms with van der Waals surface area (Å²) in [6.45, 7) is 0.143. The summed E-state index contributed by atoms with van der Waals surface area (Å²) in [7, 11) is 0. The minimum Gasteiger partial charge on any atom is -0.487 e. The van der Waals surface area contributed by atoms with E-state index in [-0.39, 0.29) is 29.3 Å². The normalized spacial score (nSPS) is 13.0. The van der Waals surface area contributed by atoms with Crippen molar-refractivity contribution in [3.8, 4) is 5.75 Å². The lowest BCUT2D eigenvalue weighted by molar-refractivity contribution is 0.0926. The molecule has 4 nitrogen and oxygen atoms in total. The molecule has 0 bridgehead atoms. The fraction of sp³-hybridized carbons (Fsp3) is 0.0476. The average Bonchev–Trinajstić information content (AvgIpc) is 2.92. The lowest BCUT2D eigenvalue weighted by Gasteiger charge is -2.16. The molecule has 1 aliphatic heterocycles. The van der Waals surface area contributed by atoms with E-state index in [1.165, 1.54) is 18.2 Å². The second-order valence-electron chi connectivity index (χ2n) is 6.02. The molecular weight excluding hydrogens is 369 g/mol. The smallest absolute Gasteiger partial charge is 0.266 e. The zero-order chi connectivity index (χ0) is 19.0. The number of rotatable bonds is 4. The fourth-order valence-corrected chi connectivity index (χ4v) is 3.19. The summed E-state index contributed by atoms with van der Waals surface area (Å²) < 4.78 is 18.9. The fourth-order valence-electron chi connectivity index (χ4n) is 2.96. The van der Waals surface area contributed by atoms with E-state index in [0.717, 1.165) is 4.90 Å². The standard InChI is InChI=1S/C21H13ClFNO3/c22-18-11-15(24-20(25)16-6-1-2-7-17(16)21(24)26)8-9-19(18)27-12-13-4-3-5-14(23)10-13/h1-11H,12H2. The molecule has 134 valence electrons. The highest BCUT2D eigenvalue weighted by molar-refractivity contribution is 6.36. The maximum Gasteiger partial charge on any atom is 0.266 e. The highest BCUT2D eigenvalue weighted by Crippen LogP contribution is 2.34. The van der Waals surface area contributed by atoms with E-state index in [4.69, 9.17) is 16.3 Å². The molecule has 1 heterocycles. The molecule has 0 aromatic heterocycles. The van der Waals surface area contributed by atoms with E-state index in [1.54, 1.807) is 48.5 Å². The molecule has 0 atom stereocenters. The Morgan fingerprint density at radius 2 is 1.59 bits per heavy atom. The largest absolute Gasteiger partial charge is 0.487 e. The molecule has 0 saturated carbocycles. The van der Waals surface area contributed by atoms with Gasteiger partial charge in [0.1, 0.15) is 18.2 Å². The average molecular weight is 382 g/mol. The van der Waals surface area contributed by atoms with E-state index < -0.39 is 0 Å². The predicted molar refractivity (Wildman–Crippen MR) is 99.8 cm³/mol. The van der Waals surface area contributed by atoms with Gasteiger partial charge in [-0.05, 0) is 48.0 Å². The van der Waals surface area contributed by atoms with Crippen LogP contribution in [0.3, 0.4) is 0 Å². The topological polar surface area (TPSA) is 46.6 Å². The number of benzene rings is 3. The van der Waals surface area contributed by atoms with Crippen molar-refractivity contribution >= 4 is 29.1 Å². The van der Waals surface area contributed by atoms with Gasteiger partial charge in [0.25, 0.3) is 11.8 Å². The van der Waals surface area contributed by atoms with Crippen molar-refractivity contribution in [1.82, 2.24) is 0 Å². The SMILES string of the molecule is O=C1c2ccccc2C(=O)N1c1ccc(OCc2cccc(F)c2)c(Cl)c1. The number of ether oxygens (including phenoxy) is 1. The van der Waals surface area contributed by atoms with Gasteiger partial charge >= 0.3 is 0 Å². The first-order valence-electron chi connectivity index (χ1n) is 8.19. The van der Waals surface area contributed by atoms with E-state index in [1.807, 2.05) is 0 Å². The second kappa shape index (κ2) is 6.85. The minimum absolute atomic E-state index is 0.143. The first-order valence-corrected chi connectivity index (χ1v) is 8.57. The molecule has 6 heteroatoms. The number of hydrogen-bond donors (Lipinski definition) is 0. The van der Waals surface area contributed by atoms with Crippen LogP contribution in [0.1, 0.15) is 26.3 Å². The van der Waals surface area contributed by atoms with Crippen molar-refractivity contribution in [2.75, 3.05) is 4.90 Å². The van der Waals surface area contributed by atoms with Gasteiger partial charge in [0.15, 0.2) is 0 Å². The monoisotopic (exact) mass is 381 g/mol. The highest BCUT2D eigenvalue weighted by Gasteiger charge is 2.36. The summed E-state index contributed by atoms with van der Waals surface area (Å²) in [4.78, 5) is 26.2. The highest BCUT2D eigenvalue weighted by atomic mass is 35.5. The molecule has 1 aliphatic rings. The van der Waals surface area contributed by atoms with Gasteiger partial charge in [-0.3, -0.25) is 9.59 Å². The Balaban J connectivity index is 1.56. The third kappa shape index (κ3) is 3.17. The van der Waals surface area contributed by atoms with Gasteiger partial charge in [0.2, 0.25) is 0 Å². The Morgan fingerprint density at radius 1 is 0.889 bits per heavy atom. The lowest BCUT2D eigenvalue weighted by atomic mass is 10.1. The van der Waals surface area contributed by atoms with Crippen LogP contribution < -0.4 is 9.64 Å². The molecule has 4 rings (SSSR count). The number of hydrogen-bond acceptors (Lipinski definition) is 3. The summed E-state index contributed by atoms with van der Waals surface area (Å²) in [5.74, 6) is -0.746. The molecule has 0 fully saturated rings. The maximum absolute atomic E-state index is 13.2. The zero-order valence-electron chi connectivity index (χ0n) is 14.0. The summed E-state index contributed by atoms with van der Waals surface area (Å²) in [5.41, 5.74) is 1.76. The molecule has 3 aromatic rings. The number of imide groups is 1. The Bertz CT molecular complexity index is 1030. The molecule has 3 aromatic carbocycles. The first kappa shape index (κ1) is 17.2. The van der Waals surface area contributed by atoms with Crippen LogP contribution in [-0.2, 0) is 6.61 Å². The van der Waals surface area contributed by atoms with Crippen LogP contribution in [0.2, 0.25) is 5.02 Å². The molecule has 0 radical (unpaired) electrons. The summed E-state index contributed by atoms with van der Waals surface area (Å²) >= 11 is 6.26. The summed E-state index contributed by atoms with van der Waals surface area (Å²) in [6, 6.07) is 17.4. The van der Waals surface area contributed by atoms with Gasteiger partial charge < -0.3 is 4.74 Å². The molecule has 0 unspecified atom stereocenters. The molecule has 0 saturated heterocycles. The van der Waals surface area contributed by atoms with Crippen LogP contribution >= 0.6 is 11.6 Å². The van der Waals surface area contributed by atoms with E-state index in [0.29, 0.717) is 28.1 Å². The number of carbonyl (C=O) groups excluding carboxylic acids is 2. The number of halogens is 2. The quantitative estimate of drug-likeness (QED) is 0.606. The van der Waals surface area contributed by atoms with Gasteiger partial charge in [-0.2, -0.15) is 0 Å². The number of carbonyl (C=O) groups is 2. The number of anilines is 1. The van der Waals surface area contributed by atoms with E-state index in [9.17, 15) is 14.0 Å². The molecule has 27 heavy (non-hydrogen) atoms. The Labute approximate surface area is 159 Å². The van der Waals surface area contributed by atoms with Crippen LogP contribution in [0.25, 0.3) is 0 Å². The molecular formula is C21H13ClFNO3. The summed E-state index contributed by atoms with van der Waals surface area (Å²) in [6.07, 6.45) is 0. The van der Waals surface area contributed by atoms with Crippen LogP contribution in [0.15, 0.2) is 66.7 Å². The number of fused-ring (bicyclic) bond motifs is 1. The molecule has 2 amide bonds. The Kier molecular flexibility index (Phi) is 4.38. The van der Waals surface area contributed by atoms with Gasteiger partial charge in [0.05, 0.1) is 21.8 Å². The van der Waals surface area contributed by atoms with Crippen molar-refractivity contribution < 1.29 is 18.7 Å². The minimum atomic E-state index is -0.389.